The van der Waals surface area contributed by atoms with Crippen molar-refractivity contribution in [2.45, 2.75) is 25.8 Å². The zero-order valence-corrected chi connectivity index (χ0v) is 14.7. The van der Waals surface area contributed by atoms with Gasteiger partial charge in [0.25, 0.3) is 5.91 Å². The van der Waals surface area contributed by atoms with E-state index in [1.54, 1.807) is 35.8 Å². The van der Waals surface area contributed by atoms with E-state index < -0.39 is 0 Å². The molecule has 1 N–H and O–H groups in total. The Morgan fingerprint density at radius 1 is 1.36 bits per heavy atom. The predicted octanol–water partition coefficient (Wildman–Crippen LogP) is 1.95. The van der Waals surface area contributed by atoms with Gasteiger partial charge in [-0.25, -0.2) is 9.78 Å². The van der Waals surface area contributed by atoms with E-state index in [4.69, 9.17) is 4.74 Å². The quantitative estimate of drug-likeness (QED) is 0.894. The number of carbonyl (C=O) groups excluding carboxylic acids is 2. The van der Waals surface area contributed by atoms with Gasteiger partial charge in [-0.1, -0.05) is 0 Å². The zero-order chi connectivity index (χ0) is 17.6. The molecule has 2 amide bonds. The largest absolute Gasteiger partial charge is 0.450 e. The van der Waals surface area contributed by atoms with E-state index in [0.717, 1.165) is 0 Å². The maximum Gasteiger partial charge on any atom is 0.409 e. The molecule has 2 aromatic heterocycles. The highest BCUT2D eigenvalue weighted by Crippen LogP contribution is 2.21. The summed E-state index contributed by atoms with van der Waals surface area (Å²) < 4.78 is 4.99. The van der Waals surface area contributed by atoms with Gasteiger partial charge in [-0.3, -0.25) is 14.8 Å². The van der Waals surface area contributed by atoms with Crippen LogP contribution in [-0.4, -0.2) is 57.6 Å². The molecule has 3 heterocycles. The van der Waals surface area contributed by atoms with Crippen LogP contribution >= 0.6 is 11.3 Å². The molecule has 0 bridgehead atoms. The maximum absolute atomic E-state index is 12.4. The average molecular weight is 361 g/mol. The van der Waals surface area contributed by atoms with Crippen molar-refractivity contribution in [2.24, 2.45) is 0 Å². The number of amides is 2. The molecule has 0 atom stereocenters. The highest BCUT2D eigenvalue weighted by molar-refractivity contribution is 7.13. The van der Waals surface area contributed by atoms with Gasteiger partial charge in [-0.2, -0.15) is 0 Å². The van der Waals surface area contributed by atoms with Crippen LogP contribution in [0.1, 0.15) is 30.3 Å². The van der Waals surface area contributed by atoms with Gasteiger partial charge in [-0.15, -0.1) is 11.3 Å². The van der Waals surface area contributed by atoms with Gasteiger partial charge in [0.05, 0.1) is 12.8 Å². The van der Waals surface area contributed by atoms with E-state index in [2.05, 4.69) is 20.3 Å². The summed E-state index contributed by atoms with van der Waals surface area (Å²) >= 11 is 1.36. The molecule has 2 aromatic rings. The first kappa shape index (κ1) is 17.3. The van der Waals surface area contributed by atoms with Gasteiger partial charge < -0.3 is 15.0 Å². The second-order valence-corrected chi connectivity index (χ2v) is 6.42. The van der Waals surface area contributed by atoms with Crippen molar-refractivity contribution >= 4 is 23.3 Å². The lowest BCUT2D eigenvalue weighted by molar-refractivity contribution is 0.0857. The number of aromatic nitrogens is 3. The normalized spacial score (nSPS) is 15.0. The van der Waals surface area contributed by atoms with Crippen LogP contribution in [0.3, 0.4) is 0 Å². The molecule has 1 aliphatic heterocycles. The molecule has 0 saturated carbocycles. The Morgan fingerprint density at radius 3 is 2.84 bits per heavy atom. The fourth-order valence-electron chi connectivity index (χ4n) is 2.59. The van der Waals surface area contributed by atoms with E-state index in [1.807, 2.05) is 0 Å². The van der Waals surface area contributed by atoms with Crippen LogP contribution < -0.4 is 5.32 Å². The van der Waals surface area contributed by atoms with Crippen molar-refractivity contribution in [1.82, 2.24) is 25.2 Å². The Balaban J connectivity index is 1.54. The second-order valence-electron chi connectivity index (χ2n) is 5.56. The van der Waals surface area contributed by atoms with Gasteiger partial charge in [0.2, 0.25) is 0 Å². The predicted molar refractivity (Wildman–Crippen MR) is 92.2 cm³/mol. The molecular formula is C16H19N5O3S. The number of piperidine rings is 1. The third kappa shape index (κ3) is 4.30. The third-order valence-corrected chi connectivity index (χ3v) is 4.74. The Bertz CT molecular complexity index is 728. The number of nitrogens with one attached hydrogen (secondary N) is 1. The highest BCUT2D eigenvalue weighted by atomic mass is 32.1. The van der Waals surface area contributed by atoms with Crippen molar-refractivity contribution in [3.05, 3.63) is 29.7 Å². The van der Waals surface area contributed by atoms with Crippen molar-refractivity contribution in [2.75, 3.05) is 19.7 Å². The highest BCUT2D eigenvalue weighted by Gasteiger charge is 2.25. The van der Waals surface area contributed by atoms with Crippen molar-refractivity contribution in [3.8, 4) is 10.7 Å². The summed E-state index contributed by atoms with van der Waals surface area (Å²) in [5.74, 6) is -0.207. The number of rotatable bonds is 4. The average Bonchev–Trinajstić information content (AvgIpc) is 3.13. The first-order valence-corrected chi connectivity index (χ1v) is 8.99. The summed E-state index contributed by atoms with van der Waals surface area (Å²) in [7, 11) is 0. The van der Waals surface area contributed by atoms with Crippen LogP contribution in [0.2, 0.25) is 0 Å². The number of thiazole rings is 1. The van der Waals surface area contributed by atoms with Gasteiger partial charge in [0.1, 0.15) is 16.4 Å². The molecule has 3 rings (SSSR count). The summed E-state index contributed by atoms with van der Waals surface area (Å²) in [5.41, 5.74) is 1.02. The SMILES string of the molecule is CCOC(=O)N1CCC(NC(=O)c2csc(-c3cnccn3)n2)CC1. The van der Waals surface area contributed by atoms with E-state index >= 15 is 0 Å². The van der Waals surface area contributed by atoms with Crippen LogP contribution in [0.25, 0.3) is 10.7 Å². The summed E-state index contributed by atoms with van der Waals surface area (Å²) in [5, 5.41) is 5.36. The van der Waals surface area contributed by atoms with Crippen LogP contribution in [0.15, 0.2) is 24.0 Å². The molecule has 0 radical (unpaired) electrons. The number of likely N-dealkylation sites (tertiary alicyclic amines) is 1. The van der Waals surface area contributed by atoms with Crippen LogP contribution in [0.4, 0.5) is 4.79 Å². The number of ether oxygens (including phenoxy) is 1. The summed E-state index contributed by atoms with van der Waals surface area (Å²) in [6, 6.07) is 0.0276. The minimum Gasteiger partial charge on any atom is -0.450 e. The molecule has 0 aromatic carbocycles. The zero-order valence-electron chi connectivity index (χ0n) is 13.8. The molecule has 0 aliphatic carbocycles. The first-order valence-electron chi connectivity index (χ1n) is 8.12. The van der Waals surface area contributed by atoms with Gasteiger partial charge in [-0.05, 0) is 19.8 Å². The minimum absolute atomic E-state index is 0.0276. The molecule has 8 nitrogen and oxygen atoms in total. The van der Waals surface area contributed by atoms with Crippen molar-refractivity contribution in [1.29, 1.82) is 0 Å². The number of hydrogen-bond donors (Lipinski definition) is 1. The summed E-state index contributed by atoms with van der Waals surface area (Å²) in [6.07, 6.45) is 5.91. The number of hydrogen-bond acceptors (Lipinski definition) is 7. The summed E-state index contributed by atoms with van der Waals surface area (Å²) in [4.78, 5) is 38.2. The smallest absolute Gasteiger partial charge is 0.409 e. The van der Waals surface area contributed by atoms with Crippen LogP contribution in [-0.2, 0) is 4.74 Å². The third-order valence-electron chi connectivity index (χ3n) is 3.88. The van der Waals surface area contributed by atoms with Gasteiger partial charge in [0, 0.05) is 36.9 Å². The molecule has 1 saturated heterocycles. The Kier molecular flexibility index (Phi) is 5.54. The molecule has 132 valence electrons. The standard InChI is InChI=1S/C16H19N5O3S/c1-2-24-16(23)21-7-3-11(4-8-21)19-14(22)13-10-25-15(20-13)12-9-17-5-6-18-12/h5-6,9-11H,2-4,7-8H2,1H3,(H,19,22). The van der Waals surface area contributed by atoms with E-state index in [1.165, 1.54) is 11.3 Å². The number of carbonyl (C=O) groups is 2. The number of nitrogens with zero attached hydrogens (tertiary/aromatic N) is 4. The van der Waals surface area contributed by atoms with Crippen LogP contribution in [0.5, 0.6) is 0 Å². The van der Waals surface area contributed by atoms with Crippen molar-refractivity contribution < 1.29 is 14.3 Å². The summed E-state index contributed by atoms with van der Waals surface area (Å²) in [6.45, 7) is 3.30. The molecule has 9 heteroatoms. The molecule has 1 fully saturated rings. The van der Waals surface area contributed by atoms with Gasteiger partial charge >= 0.3 is 6.09 Å². The monoisotopic (exact) mass is 361 g/mol. The lowest BCUT2D eigenvalue weighted by atomic mass is 10.1. The van der Waals surface area contributed by atoms with E-state index in [9.17, 15) is 9.59 Å². The topological polar surface area (TPSA) is 97.3 Å². The molecule has 25 heavy (non-hydrogen) atoms. The molecule has 1 aliphatic rings. The second kappa shape index (κ2) is 8.02. The van der Waals surface area contributed by atoms with E-state index in [-0.39, 0.29) is 18.0 Å². The van der Waals surface area contributed by atoms with Crippen LogP contribution in [0, 0.1) is 0 Å². The fraction of sp³-hybridized carbons (Fsp3) is 0.438. The lowest BCUT2D eigenvalue weighted by Gasteiger charge is -2.31. The van der Waals surface area contributed by atoms with E-state index in [0.29, 0.717) is 48.9 Å². The minimum atomic E-state index is -0.291. The fourth-order valence-corrected chi connectivity index (χ4v) is 3.35. The Labute approximate surface area is 149 Å². The molecule has 0 unspecified atom stereocenters. The lowest BCUT2D eigenvalue weighted by Crippen LogP contribution is -2.46. The molecular weight excluding hydrogens is 342 g/mol. The molecule has 0 spiro atoms. The Morgan fingerprint density at radius 2 is 2.16 bits per heavy atom. The van der Waals surface area contributed by atoms with Crippen molar-refractivity contribution in [3.63, 3.8) is 0 Å². The first-order chi connectivity index (χ1) is 12.2. The Hall–Kier alpha value is -2.55. The maximum atomic E-state index is 12.4. The van der Waals surface area contributed by atoms with Gasteiger partial charge in [0.15, 0.2) is 0 Å².